The van der Waals surface area contributed by atoms with E-state index >= 15 is 0 Å². The van der Waals surface area contributed by atoms with E-state index in [4.69, 9.17) is 0 Å². The van der Waals surface area contributed by atoms with Gasteiger partial charge in [0.05, 0.1) is 11.3 Å². The van der Waals surface area contributed by atoms with Crippen LogP contribution in [-0.4, -0.2) is 27.1 Å². The van der Waals surface area contributed by atoms with Crippen molar-refractivity contribution < 1.29 is 18.0 Å². The fourth-order valence-electron chi connectivity index (χ4n) is 3.26. The molecule has 0 saturated carbocycles. The van der Waals surface area contributed by atoms with E-state index in [1.54, 1.807) is 18.9 Å². The SMILES string of the molecule is CC(Cc1ccc(C(F)(F)F)cc1)C(=O)N1CCc2nn(C)c(=O)cc2C1. The van der Waals surface area contributed by atoms with Gasteiger partial charge in [0.25, 0.3) is 5.56 Å². The first kappa shape index (κ1) is 19.1. The average molecular weight is 379 g/mol. The summed E-state index contributed by atoms with van der Waals surface area (Å²) >= 11 is 0. The van der Waals surface area contributed by atoms with Gasteiger partial charge in [-0.1, -0.05) is 19.1 Å². The Morgan fingerprint density at radius 3 is 2.56 bits per heavy atom. The number of carbonyl (C=O) groups excluding carboxylic acids is 1. The van der Waals surface area contributed by atoms with Crippen LogP contribution < -0.4 is 5.56 Å². The van der Waals surface area contributed by atoms with Crippen molar-refractivity contribution in [2.24, 2.45) is 13.0 Å². The fraction of sp³-hybridized carbons (Fsp3) is 0.421. The van der Waals surface area contributed by atoms with Gasteiger partial charge in [-0.05, 0) is 24.1 Å². The monoisotopic (exact) mass is 379 g/mol. The van der Waals surface area contributed by atoms with E-state index in [2.05, 4.69) is 5.10 Å². The molecule has 0 fully saturated rings. The number of hydrogen-bond donors (Lipinski definition) is 0. The lowest BCUT2D eigenvalue weighted by molar-refractivity contribution is -0.138. The molecule has 0 aliphatic carbocycles. The third kappa shape index (κ3) is 4.20. The highest BCUT2D eigenvalue weighted by molar-refractivity contribution is 5.79. The zero-order chi connectivity index (χ0) is 19.8. The molecule has 2 aromatic rings. The first-order valence-electron chi connectivity index (χ1n) is 8.66. The maximum absolute atomic E-state index is 12.7. The standard InChI is InChI=1S/C19H20F3N3O2/c1-12(9-13-3-5-15(6-4-13)19(20,21)22)18(27)25-8-7-16-14(11-25)10-17(26)24(2)23-16/h3-6,10,12H,7-9,11H2,1-2H3. The van der Waals surface area contributed by atoms with Crippen molar-refractivity contribution in [3.63, 3.8) is 0 Å². The van der Waals surface area contributed by atoms with Gasteiger partial charge in [-0.15, -0.1) is 0 Å². The first-order valence-corrected chi connectivity index (χ1v) is 8.66. The van der Waals surface area contributed by atoms with Gasteiger partial charge in [0, 0.05) is 44.1 Å². The Balaban J connectivity index is 1.67. The van der Waals surface area contributed by atoms with E-state index in [0.717, 1.165) is 23.4 Å². The Morgan fingerprint density at radius 2 is 1.93 bits per heavy atom. The van der Waals surface area contributed by atoms with Crippen molar-refractivity contribution in [1.82, 2.24) is 14.7 Å². The smallest absolute Gasteiger partial charge is 0.338 e. The van der Waals surface area contributed by atoms with Crippen molar-refractivity contribution in [1.29, 1.82) is 0 Å². The van der Waals surface area contributed by atoms with Crippen LogP contribution in [0.4, 0.5) is 13.2 Å². The molecule has 2 heterocycles. The zero-order valence-electron chi connectivity index (χ0n) is 15.1. The summed E-state index contributed by atoms with van der Waals surface area (Å²) in [6, 6.07) is 6.38. The van der Waals surface area contributed by atoms with E-state index < -0.39 is 11.7 Å². The van der Waals surface area contributed by atoms with E-state index in [1.807, 2.05) is 0 Å². The third-order valence-electron chi connectivity index (χ3n) is 4.79. The summed E-state index contributed by atoms with van der Waals surface area (Å²) in [7, 11) is 1.59. The Hall–Kier alpha value is -2.64. The van der Waals surface area contributed by atoms with Gasteiger partial charge in [-0.25, -0.2) is 4.68 Å². The minimum atomic E-state index is -4.37. The largest absolute Gasteiger partial charge is 0.416 e. The maximum atomic E-state index is 12.7. The van der Waals surface area contributed by atoms with E-state index in [9.17, 15) is 22.8 Å². The predicted molar refractivity (Wildman–Crippen MR) is 92.9 cm³/mol. The molecule has 1 unspecified atom stereocenters. The highest BCUT2D eigenvalue weighted by Crippen LogP contribution is 2.29. The number of alkyl halides is 3. The Labute approximate surface area is 154 Å². The van der Waals surface area contributed by atoms with Crippen LogP contribution >= 0.6 is 0 Å². The first-order chi connectivity index (χ1) is 12.6. The number of nitrogens with zero attached hydrogens (tertiary/aromatic N) is 3. The van der Waals surface area contributed by atoms with Crippen molar-refractivity contribution in [3.05, 3.63) is 63.1 Å². The topological polar surface area (TPSA) is 55.2 Å². The van der Waals surface area contributed by atoms with Gasteiger partial charge in [0.15, 0.2) is 0 Å². The van der Waals surface area contributed by atoms with Crippen LogP contribution in [0.15, 0.2) is 35.1 Å². The second kappa shape index (κ2) is 7.17. The molecule has 0 N–H and O–H groups in total. The van der Waals surface area contributed by atoms with Crippen LogP contribution in [0.2, 0.25) is 0 Å². The van der Waals surface area contributed by atoms with Gasteiger partial charge < -0.3 is 4.90 Å². The van der Waals surface area contributed by atoms with Crippen LogP contribution in [-0.2, 0) is 37.4 Å². The van der Waals surface area contributed by atoms with Crippen LogP contribution in [0.1, 0.15) is 29.3 Å². The molecule has 27 heavy (non-hydrogen) atoms. The second-order valence-electron chi connectivity index (χ2n) is 6.89. The lowest BCUT2D eigenvalue weighted by Crippen LogP contribution is -2.41. The van der Waals surface area contributed by atoms with Gasteiger partial charge in [0.1, 0.15) is 0 Å². The molecule has 0 bridgehead atoms. The quantitative estimate of drug-likeness (QED) is 0.824. The highest BCUT2D eigenvalue weighted by Gasteiger charge is 2.30. The number of rotatable bonds is 3. The molecule has 1 aliphatic heterocycles. The van der Waals surface area contributed by atoms with Crippen LogP contribution in [0.5, 0.6) is 0 Å². The van der Waals surface area contributed by atoms with Crippen LogP contribution in [0.3, 0.4) is 0 Å². The zero-order valence-corrected chi connectivity index (χ0v) is 15.1. The molecule has 3 rings (SSSR count). The number of fused-ring (bicyclic) bond motifs is 1. The van der Waals surface area contributed by atoms with Crippen molar-refractivity contribution in [3.8, 4) is 0 Å². The molecule has 0 spiro atoms. The lowest BCUT2D eigenvalue weighted by atomic mass is 9.97. The van der Waals surface area contributed by atoms with Gasteiger partial charge in [-0.2, -0.15) is 18.3 Å². The molecule has 144 valence electrons. The van der Waals surface area contributed by atoms with Crippen LogP contribution in [0, 0.1) is 5.92 Å². The van der Waals surface area contributed by atoms with Gasteiger partial charge in [0.2, 0.25) is 5.91 Å². The third-order valence-corrected chi connectivity index (χ3v) is 4.79. The summed E-state index contributed by atoms with van der Waals surface area (Å²) in [5.74, 6) is -0.455. The Kier molecular flexibility index (Phi) is 5.08. The van der Waals surface area contributed by atoms with E-state index in [1.165, 1.54) is 22.9 Å². The molecule has 0 radical (unpaired) electrons. The summed E-state index contributed by atoms with van der Waals surface area (Å²) in [5, 5.41) is 4.22. The normalized spacial score (nSPS) is 15.4. The molecule has 1 aliphatic rings. The second-order valence-corrected chi connectivity index (χ2v) is 6.89. The fourth-order valence-corrected chi connectivity index (χ4v) is 3.26. The Bertz CT molecular complexity index is 904. The van der Waals surface area contributed by atoms with Gasteiger partial charge >= 0.3 is 6.18 Å². The van der Waals surface area contributed by atoms with Crippen molar-refractivity contribution >= 4 is 5.91 Å². The van der Waals surface area contributed by atoms with Crippen molar-refractivity contribution in [2.45, 2.75) is 32.5 Å². The molecule has 1 aromatic heterocycles. The summed E-state index contributed by atoms with van der Waals surface area (Å²) in [4.78, 5) is 26.2. The number of aromatic nitrogens is 2. The minimum absolute atomic E-state index is 0.0822. The Morgan fingerprint density at radius 1 is 1.26 bits per heavy atom. The predicted octanol–water partition coefficient (Wildman–Crippen LogP) is 2.56. The number of hydrogen-bond acceptors (Lipinski definition) is 3. The highest BCUT2D eigenvalue weighted by atomic mass is 19.4. The average Bonchev–Trinajstić information content (AvgIpc) is 2.61. The minimum Gasteiger partial charge on any atom is -0.338 e. The molecular weight excluding hydrogens is 359 g/mol. The molecule has 1 atom stereocenters. The van der Waals surface area contributed by atoms with E-state index in [-0.39, 0.29) is 17.4 Å². The van der Waals surface area contributed by atoms with E-state index in [0.29, 0.717) is 31.5 Å². The number of aryl methyl sites for hydroxylation is 1. The summed E-state index contributed by atoms with van der Waals surface area (Å²) in [6.07, 6.45) is -3.44. The summed E-state index contributed by atoms with van der Waals surface area (Å²) in [5.41, 5.74) is 1.32. The summed E-state index contributed by atoms with van der Waals surface area (Å²) < 4.78 is 39.2. The number of benzene rings is 1. The summed E-state index contributed by atoms with van der Waals surface area (Å²) in [6.45, 7) is 2.60. The number of halogens is 3. The molecule has 1 aromatic carbocycles. The number of amides is 1. The lowest BCUT2D eigenvalue weighted by Gasteiger charge is -2.30. The molecule has 1 amide bonds. The number of carbonyl (C=O) groups is 1. The van der Waals surface area contributed by atoms with Crippen molar-refractivity contribution in [2.75, 3.05) is 6.54 Å². The van der Waals surface area contributed by atoms with Crippen LogP contribution in [0.25, 0.3) is 0 Å². The van der Waals surface area contributed by atoms with Gasteiger partial charge in [-0.3, -0.25) is 9.59 Å². The molecule has 5 nitrogen and oxygen atoms in total. The molecular formula is C19H20F3N3O2. The maximum Gasteiger partial charge on any atom is 0.416 e. The molecule has 0 saturated heterocycles. The molecule has 8 heteroatoms.